The van der Waals surface area contributed by atoms with E-state index in [-0.39, 0.29) is 13.2 Å². The van der Waals surface area contributed by atoms with Gasteiger partial charge >= 0.3 is 0 Å². The molecule has 1 aliphatic rings. The molecule has 0 atom stereocenters. The number of hydrogen-bond acceptors (Lipinski definition) is 3. The summed E-state index contributed by atoms with van der Waals surface area (Å²) >= 11 is 2.17. The summed E-state index contributed by atoms with van der Waals surface area (Å²) in [5, 5.41) is 4.15. The Morgan fingerprint density at radius 1 is 1.47 bits per heavy atom. The number of hydrogen-bond donors (Lipinski definition) is 0. The Morgan fingerprint density at radius 3 is 2.88 bits per heavy atom. The van der Waals surface area contributed by atoms with Gasteiger partial charge in [-0.05, 0) is 40.3 Å². The molecule has 3 rings (SSSR count). The Balaban J connectivity index is 1.99. The van der Waals surface area contributed by atoms with Crippen LogP contribution < -0.4 is 0 Å². The molecule has 2 aromatic heterocycles. The zero-order valence-corrected chi connectivity index (χ0v) is 11.0. The van der Waals surface area contributed by atoms with Crippen LogP contribution in [0.4, 0.5) is 4.39 Å². The maximum Gasteiger partial charge on any atom is 0.182 e. The highest BCUT2D eigenvalue weighted by Crippen LogP contribution is 2.34. The van der Waals surface area contributed by atoms with Crippen LogP contribution in [0.15, 0.2) is 30.7 Å². The van der Waals surface area contributed by atoms with Gasteiger partial charge < -0.3 is 4.74 Å². The highest BCUT2D eigenvalue weighted by atomic mass is 127. The van der Waals surface area contributed by atoms with E-state index in [9.17, 15) is 4.39 Å². The zero-order chi connectivity index (χ0) is 11.9. The molecule has 17 heavy (non-hydrogen) atoms. The summed E-state index contributed by atoms with van der Waals surface area (Å²) < 4.78 is 21.7. The van der Waals surface area contributed by atoms with Gasteiger partial charge in [-0.3, -0.25) is 0 Å². The highest BCUT2D eigenvalue weighted by molar-refractivity contribution is 14.1. The number of ether oxygens (including phenoxy) is 1. The number of alkyl halides is 1. The first-order chi connectivity index (χ1) is 8.17. The Morgan fingerprint density at radius 2 is 2.29 bits per heavy atom. The molecule has 88 valence electrons. The predicted octanol–water partition coefficient (Wildman–Crippen LogP) is 2.07. The Kier molecular flexibility index (Phi) is 2.62. The molecule has 1 saturated heterocycles. The van der Waals surface area contributed by atoms with Crippen LogP contribution in [-0.4, -0.2) is 28.0 Å². The molecule has 0 aromatic carbocycles. The second kappa shape index (κ2) is 4.02. The fraction of sp³-hybridized carbons (Fsp3) is 0.273. The predicted molar refractivity (Wildman–Crippen MR) is 67.7 cm³/mol. The van der Waals surface area contributed by atoms with Crippen molar-refractivity contribution in [2.24, 2.45) is 0 Å². The largest absolute Gasteiger partial charge is 0.374 e. The molecule has 0 bridgehead atoms. The lowest BCUT2D eigenvalue weighted by Crippen LogP contribution is -2.42. The summed E-state index contributed by atoms with van der Waals surface area (Å²) in [5.74, 6) is 0.620. The minimum absolute atomic E-state index is 0.118. The third kappa shape index (κ3) is 1.95. The van der Waals surface area contributed by atoms with Crippen molar-refractivity contribution in [3.63, 3.8) is 0 Å². The van der Waals surface area contributed by atoms with E-state index < -0.39 is 5.67 Å². The minimum Gasteiger partial charge on any atom is -0.374 e. The van der Waals surface area contributed by atoms with Gasteiger partial charge in [-0.15, -0.1) is 0 Å². The Bertz CT molecular complexity index is 553. The SMILES string of the molecule is FC1(c2ccnc(-n3cc(I)cn3)c2)COC1. The molecule has 3 heterocycles. The van der Waals surface area contributed by atoms with Crippen LogP contribution in [0, 0.1) is 3.57 Å². The summed E-state index contributed by atoms with van der Waals surface area (Å²) in [4.78, 5) is 4.18. The highest BCUT2D eigenvalue weighted by Gasteiger charge is 2.40. The standard InChI is InChI=1S/C11H9FIN3O/c12-11(6-17-7-11)8-1-2-14-10(3-8)16-5-9(13)4-15-16/h1-5H,6-7H2. The van der Waals surface area contributed by atoms with Gasteiger partial charge in [-0.1, -0.05) is 0 Å². The van der Waals surface area contributed by atoms with Crippen LogP contribution in [0.2, 0.25) is 0 Å². The number of halogens is 2. The van der Waals surface area contributed by atoms with Crippen molar-refractivity contribution < 1.29 is 9.13 Å². The maximum atomic E-state index is 14.2. The van der Waals surface area contributed by atoms with Gasteiger partial charge in [0.2, 0.25) is 0 Å². The molecule has 0 saturated carbocycles. The normalized spacial score (nSPS) is 17.8. The molecule has 1 fully saturated rings. The van der Waals surface area contributed by atoms with Crippen LogP contribution >= 0.6 is 22.6 Å². The first-order valence-electron chi connectivity index (χ1n) is 5.11. The fourth-order valence-electron chi connectivity index (χ4n) is 1.70. The average molecular weight is 345 g/mol. The Hall–Kier alpha value is -1.02. The second-order valence-electron chi connectivity index (χ2n) is 3.96. The van der Waals surface area contributed by atoms with Crippen molar-refractivity contribution in [2.45, 2.75) is 5.67 Å². The van der Waals surface area contributed by atoms with Gasteiger partial charge in [0, 0.05) is 12.4 Å². The molecule has 0 radical (unpaired) electrons. The number of aromatic nitrogens is 3. The van der Waals surface area contributed by atoms with Crippen LogP contribution in [-0.2, 0) is 10.4 Å². The summed E-state index contributed by atoms with van der Waals surface area (Å²) in [6.07, 6.45) is 5.17. The van der Waals surface area contributed by atoms with Crippen molar-refractivity contribution in [3.05, 3.63) is 39.9 Å². The minimum atomic E-state index is -1.36. The third-order valence-electron chi connectivity index (χ3n) is 2.71. The topological polar surface area (TPSA) is 39.9 Å². The quantitative estimate of drug-likeness (QED) is 0.783. The van der Waals surface area contributed by atoms with Crippen molar-refractivity contribution in [2.75, 3.05) is 13.2 Å². The van der Waals surface area contributed by atoms with Gasteiger partial charge in [0.05, 0.1) is 23.0 Å². The van der Waals surface area contributed by atoms with Gasteiger partial charge in [0.1, 0.15) is 0 Å². The number of rotatable bonds is 2. The van der Waals surface area contributed by atoms with E-state index in [0.717, 1.165) is 3.57 Å². The average Bonchev–Trinajstić information content (AvgIpc) is 2.73. The van der Waals surface area contributed by atoms with Crippen LogP contribution in [0.3, 0.4) is 0 Å². The van der Waals surface area contributed by atoms with Crippen molar-refractivity contribution in [1.82, 2.24) is 14.8 Å². The summed E-state index contributed by atoms with van der Waals surface area (Å²) in [6.45, 7) is 0.236. The molecule has 0 N–H and O–H groups in total. The van der Waals surface area contributed by atoms with Crippen molar-refractivity contribution in [1.29, 1.82) is 0 Å². The van der Waals surface area contributed by atoms with E-state index >= 15 is 0 Å². The monoisotopic (exact) mass is 345 g/mol. The zero-order valence-electron chi connectivity index (χ0n) is 8.81. The molecule has 0 unspecified atom stereocenters. The van der Waals surface area contributed by atoms with Crippen LogP contribution in [0.5, 0.6) is 0 Å². The Labute approximate surface area is 111 Å². The summed E-state index contributed by atoms with van der Waals surface area (Å²) in [7, 11) is 0. The first-order valence-corrected chi connectivity index (χ1v) is 6.19. The van der Waals surface area contributed by atoms with Gasteiger partial charge in [0.25, 0.3) is 0 Å². The molecule has 0 aliphatic carbocycles. The van der Waals surface area contributed by atoms with E-state index in [4.69, 9.17) is 4.74 Å². The van der Waals surface area contributed by atoms with Crippen LogP contribution in [0.25, 0.3) is 5.82 Å². The first kappa shape index (κ1) is 11.1. The van der Waals surface area contributed by atoms with E-state index in [1.54, 1.807) is 29.2 Å². The lowest BCUT2D eigenvalue weighted by Gasteiger charge is -2.34. The molecule has 4 nitrogen and oxygen atoms in total. The van der Waals surface area contributed by atoms with Gasteiger partial charge in [-0.2, -0.15) is 5.10 Å². The molecule has 0 spiro atoms. The lowest BCUT2D eigenvalue weighted by molar-refractivity contribution is -0.135. The molecular weight excluding hydrogens is 336 g/mol. The van der Waals surface area contributed by atoms with Crippen molar-refractivity contribution in [3.8, 4) is 5.82 Å². The number of nitrogens with zero attached hydrogens (tertiary/aromatic N) is 3. The van der Waals surface area contributed by atoms with E-state index in [1.165, 1.54) is 0 Å². The summed E-state index contributed by atoms with van der Waals surface area (Å²) in [5.41, 5.74) is -0.767. The van der Waals surface area contributed by atoms with Gasteiger partial charge in [-0.25, -0.2) is 14.1 Å². The molecule has 6 heteroatoms. The van der Waals surface area contributed by atoms with E-state index in [1.807, 2.05) is 6.20 Å². The smallest absolute Gasteiger partial charge is 0.182 e. The lowest BCUT2D eigenvalue weighted by atomic mass is 9.95. The van der Waals surface area contributed by atoms with Crippen LogP contribution in [0.1, 0.15) is 5.56 Å². The maximum absolute atomic E-state index is 14.2. The third-order valence-corrected chi connectivity index (χ3v) is 3.27. The van der Waals surface area contributed by atoms with E-state index in [2.05, 4.69) is 32.7 Å². The van der Waals surface area contributed by atoms with Crippen molar-refractivity contribution >= 4 is 22.6 Å². The molecule has 2 aromatic rings. The van der Waals surface area contributed by atoms with E-state index in [0.29, 0.717) is 11.4 Å². The number of pyridine rings is 1. The van der Waals surface area contributed by atoms with Gasteiger partial charge in [0.15, 0.2) is 11.5 Å². The molecular formula is C11H9FIN3O. The second-order valence-corrected chi connectivity index (χ2v) is 5.21. The molecule has 0 amide bonds. The summed E-state index contributed by atoms with van der Waals surface area (Å²) in [6, 6.07) is 3.39. The molecule has 1 aliphatic heterocycles. The fourth-order valence-corrected chi connectivity index (χ4v) is 2.08.